The Morgan fingerprint density at radius 2 is 0.485 bits per heavy atom. The Bertz CT molecular complexity index is 1040. The summed E-state index contributed by atoms with van der Waals surface area (Å²) in [6, 6.07) is 0. The number of esters is 3. The summed E-state index contributed by atoms with van der Waals surface area (Å²) in [5.74, 6) is 0.855. The van der Waals surface area contributed by atoms with Crippen molar-refractivity contribution in [2.75, 3.05) is 13.2 Å². The molecule has 0 aliphatic carbocycles. The van der Waals surface area contributed by atoms with Crippen molar-refractivity contribution in [2.24, 2.45) is 11.8 Å². The van der Waals surface area contributed by atoms with Crippen LogP contribution in [-0.2, 0) is 28.6 Å². The SMILES string of the molecule is CCCCCCCCCCCCCCCCCCC(=O)O[C@@H](COC(=O)CCCCCCCCCCCCCCCCCC(C)C)COC(=O)CCCCCCCCCCCCCCCC(C)C. The van der Waals surface area contributed by atoms with Gasteiger partial charge in [-0.25, -0.2) is 0 Å². The molecule has 0 rings (SSSR count). The Balaban J connectivity index is 4.29. The lowest BCUT2D eigenvalue weighted by Gasteiger charge is -2.18. The fourth-order valence-corrected chi connectivity index (χ4v) is 9.58. The molecule has 0 unspecified atom stereocenters. The van der Waals surface area contributed by atoms with Crippen LogP contribution in [0.15, 0.2) is 0 Å². The van der Waals surface area contributed by atoms with Gasteiger partial charge in [0.1, 0.15) is 13.2 Å². The summed E-state index contributed by atoms with van der Waals surface area (Å²) < 4.78 is 16.9. The minimum Gasteiger partial charge on any atom is -0.462 e. The highest BCUT2D eigenvalue weighted by atomic mass is 16.6. The van der Waals surface area contributed by atoms with Crippen molar-refractivity contribution in [3.63, 3.8) is 0 Å². The van der Waals surface area contributed by atoms with Crippen molar-refractivity contribution in [3.05, 3.63) is 0 Å². The zero-order valence-corrected chi connectivity index (χ0v) is 46.7. The molecule has 0 aromatic carbocycles. The molecule has 0 bridgehead atoms. The lowest BCUT2D eigenvalue weighted by atomic mass is 10.0. The number of hydrogen-bond donors (Lipinski definition) is 0. The lowest BCUT2D eigenvalue weighted by molar-refractivity contribution is -0.167. The van der Waals surface area contributed by atoms with Gasteiger partial charge >= 0.3 is 17.9 Å². The summed E-state index contributed by atoms with van der Waals surface area (Å²) in [4.78, 5) is 38.2. The highest BCUT2D eigenvalue weighted by Crippen LogP contribution is 2.19. The minimum absolute atomic E-state index is 0.0621. The van der Waals surface area contributed by atoms with E-state index in [0.717, 1.165) is 69.6 Å². The van der Waals surface area contributed by atoms with Crippen molar-refractivity contribution < 1.29 is 28.6 Å². The predicted molar refractivity (Wildman–Crippen MR) is 293 cm³/mol. The molecule has 0 aliphatic rings. The van der Waals surface area contributed by atoms with E-state index in [4.69, 9.17) is 14.2 Å². The Labute approximate surface area is 425 Å². The maximum absolute atomic E-state index is 12.9. The van der Waals surface area contributed by atoms with E-state index in [9.17, 15) is 14.4 Å². The predicted octanol–water partition coefficient (Wildman–Crippen LogP) is 20.4. The van der Waals surface area contributed by atoms with Gasteiger partial charge in [-0.1, -0.05) is 311 Å². The van der Waals surface area contributed by atoms with Crippen LogP contribution in [-0.4, -0.2) is 37.2 Å². The van der Waals surface area contributed by atoms with Crippen molar-refractivity contribution in [1.82, 2.24) is 0 Å². The fourth-order valence-electron chi connectivity index (χ4n) is 9.58. The van der Waals surface area contributed by atoms with Crippen molar-refractivity contribution >= 4 is 17.9 Å². The summed E-state index contributed by atoms with van der Waals surface area (Å²) in [6.45, 7) is 11.4. The summed E-state index contributed by atoms with van der Waals surface area (Å²) in [5.41, 5.74) is 0. The van der Waals surface area contributed by atoms with Crippen molar-refractivity contribution in [3.8, 4) is 0 Å². The molecule has 0 aromatic rings. The van der Waals surface area contributed by atoms with Gasteiger partial charge in [0, 0.05) is 19.3 Å². The number of hydrogen-bond acceptors (Lipinski definition) is 6. The zero-order valence-electron chi connectivity index (χ0n) is 46.7. The molecule has 404 valence electrons. The summed E-state index contributed by atoms with van der Waals surface area (Å²) >= 11 is 0. The van der Waals surface area contributed by atoms with Crippen LogP contribution in [0.3, 0.4) is 0 Å². The largest absolute Gasteiger partial charge is 0.462 e. The van der Waals surface area contributed by atoms with E-state index < -0.39 is 6.10 Å². The fraction of sp³-hybridized carbons (Fsp3) is 0.952. The quantitative estimate of drug-likeness (QED) is 0.0343. The van der Waals surface area contributed by atoms with Gasteiger partial charge in [-0.05, 0) is 31.1 Å². The Morgan fingerprint density at radius 1 is 0.279 bits per heavy atom. The van der Waals surface area contributed by atoms with Gasteiger partial charge in [-0.3, -0.25) is 14.4 Å². The van der Waals surface area contributed by atoms with Crippen molar-refractivity contribution in [2.45, 2.75) is 355 Å². The molecule has 0 spiro atoms. The van der Waals surface area contributed by atoms with Crippen LogP contribution < -0.4 is 0 Å². The Morgan fingerprint density at radius 3 is 0.721 bits per heavy atom. The minimum atomic E-state index is -0.763. The summed E-state index contributed by atoms with van der Waals surface area (Å²) in [6.07, 6.45) is 59.5. The molecule has 1 atom stereocenters. The normalized spacial score (nSPS) is 12.0. The first kappa shape index (κ1) is 66.4. The second kappa shape index (κ2) is 54.7. The second-order valence-electron chi connectivity index (χ2n) is 22.3. The van der Waals surface area contributed by atoms with Gasteiger partial charge in [0.05, 0.1) is 0 Å². The number of carbonyl (C=O) groups excluding carboxylic acids is 3. The third-order valence-corrected chi connectivity index (χ3v) is 14.2. The lowest BCUT2D eigenvalue weighted by Crippen LogP contribution is -2.30. The highest BCUT2D eigenvalue weighted by Gasteiger charge is 2.19. The summed E-state index contributed by atoms with van der Waals surface area (Å²) in [5, 5.41) is 0. The first-order valence-corrected chi connectivity index (χ1v) is 30.7. The average molecular weight is 962 g/mol. The molecule has 0 N–H and O–H groups in total. The topological polar surface area (TPSA) is 78.9 Å². The van der Waals surface area contributed by atoms with Gasteiger partial charge in [-0.15, -0.1) is 0 Å². The number of carbonyl (C=O) groups is 3. The molecule has 0 heterocycles. The molecule has 0 fully saturated rings. The molecule has 68 heavy (non-hydrogen) atoms. The summed E-state index contributed by atoms with van der Waals surface area (Å²) in [7, 11) is 0. The van der Waals surface area contributed by atoms with Crippen LogP contribution in [0.5, 0.6) is 0 Å². The van der Waals surface area contributed by atoms with E-state index in [1.165, 1.54) is 238 Å². The molecule has 0 amide bonds. The Kier molecular flexibility index (Phi) is 53.5. The molecular formula is C62H120O6. The number of ether oxygens (including phenoxy) is 3. The standard InChI is InChI=1S/C62H120O6/c1-6-7-8-9-10-11-12-13-14-17-23-29-34-39-44-49-54-62(65)68-59(56-67-61(64)53-48-43-38-33-28-24-19-21-26-31-36-41-46-51-58(4)5)55-66-60(63)52-47-42-37-32-27-22-18-15-16-20-25-30-35-40-45-50-57(2)3/h57-59H,6-56H2,1-5H3/t59-/m0/s1. The first-order valence-electron chi connectivity index (χ1n) is 30.7. The molecule has 0 aliphatic heterocycles. The molecule has 0 aromatic heterocycles. The van der Waals surface area contributed by atoms with E-state index in [-0.39, 0.29) is 31.1 Å². The molecule has 0 radical (unpaired) electrons. The van der Waals surface area contributed by atoms with E-state index in [1.54, 1.807) is 0 Å². The number of rotatable bonds is 56. The monoisotopic (exact) mass is 961 g/mol. The van der Waals surface area contributed by atoms with Gasteiger partial charge < -0.3 is 14.2 Å². The molecule has 6 heteroatoms. The third-order valence-electron chi connectivity index (χ3n) is 14.2. The first-order chi connectivity index (χ1) is 33.2. The van der Waals surface area contributed by atoms with Gasteiger partial charge in [-0.2, -0.15) is 0 Å². The van der Waals surface area contributed by atoms with Crippen LogP contribution in [0, 0.1) is 11.8 Å². The van der Waals surface area contributed by atoms with E-state index in [0.29, 0.717) is 19.3 Å². The highest BCUT2D eigenvalue weighted by molar-refractivity contribution is 5.71. The van der Waals surface area contributed by atoms with Crippen LogP contribution in [0.2, 0.25) is 0 Å². The van der Waals surface area contributed by atoms with E-state index in [1.807, 2.05) is 0 Å². The van der Waals surface area contributed by atoms with Gasteiger partial charge in [0.2, 0.25) is 0 Å². The van der Waals surface area contributed by atoms with E-state index in [2.05, 4.69) is 34.6 Å². The van der Waals surface area contributed by atoms with E-state index >= 15 is 0 Å². The maximum Gasteiger partial charge on any atom is 0.306 e. The third kappa shape index (κ3) is 55.3. The van der Waals surface area contributed by atoms with Crippen LogP contribution in [0.4, 0.5) is 0 Å². The number of unbranched alkanes of at least 4 members (excludes halogenated alkanes) is 41. The average Bonchev–Trinajstić information content (AvgIpc) is 3.31. The van der Waals surface area contributed by atoms with Crippen molar-refractivity contribution in [1.29, 1.82) is 0 Å². The van der Waals surface area contributed by atoms with Crippen LogP contribution in [0.1, 0.15) is 349 Å². The maximum atomic E-state index is 12.9. The second-order valence-corrected chi connectivity index (χ2v) is 22.3. The Hall–Kier alpha value is -1.59. The van der Waals surface area contributed by atoms with Gasteiger partial charge in [0.25, 0.3) is 0 Å². The molecule has 0 saturated heterocycles. The smallest absolute Gasteiger partial charge is 0.306 e. The molecular weight excluding hydrogens is 841 g/mol. The van der Waals surface area contributed by atoms with Crippen LogP contribution in [0.25, 0.3) is 0 Å². The van der Waals surface area contributed by atoms with Crippen LogP contribution >= 0.6 is 0 Å². The van der Waals surface area contributed by atoms with Gasteiger partial charge in [0.15, 0.2) is 6.10 Å². The zero-order chi connectivity index (χ0) is 49.6. The molecule has 6 nitrogen and oxygen atoms in total. The molecule has 0 saturated carbocycles.